The highest BCUT2D eigenvalue weighted by molar-refractivity contribution is 5.76. The van der Waals surface area contributed by atoms with Crippen LogP contribution in [0.5, 0.6) is 0 Å². The van der Waals surface area contributed by atoms with Gasteiger partial charge in [0.05, 0.1) is 0 Å². The molecular formula is C18H24F3N3O. The van der Waals surface area contributed by atoms with E-state index in [9.17, 15) is 18.0 Å². The fraction of sp³-hybridized carbons (Fsp3) is 0.778. The van der Waals surface area contributed by atoms with Crippen molar-refractivity contribution < 1.29 is 18.0 Å². The topological polar surface area (TPSA) is 46.9 Å². The van der Waals surface area contributed by atoms with E-state index in [-0.39, 0.29) is 23.9 Å². The van der Waals surface area contributed by atoms with Gasteiger partial charge in [0.25, 0.3) is 0 Å². The highest BCUT2D eigenvalue weighted by Crippen LogP contribution is 2.61. The molecule has 4 aliphatic carbocycles. The summed E-state index contributed by atoms with van der Waals surface area (Å²) in [6, 6.07) is 0.960. The Bertz CT molecular complexity index is 631. The third-order valence-corrected chi connectivity index (χ3v) is 6.62. The largest absolute Gasteiger partial charge is 0.435 e. The number of carbonyl (C=O) groups excluding carboxylic acids is 1. The van der Waals surface area contributed by atoms with Crippen molar-refractivity contribution in [3.63, 3.8) is 0 Å². The third-order valence-electron chi connectivity index (χ3n) is 6.62. The van der Waals surface area contributed by atoms with Gasteiger partial charge in [-0.2, -0.15) is 18.3 Å². The van der Waals surface area contributed by atoms with Crippen molar-refractivity contribution in [2.24, 2.45) is 23.2 Å². The van der Waals surface area contributed by atoms with Gasteiger partial charge in [-0.1, -0.05) is 0 Å². The summed E-state index contributed by atoms with van der Waals surface area (Å²) in [6.07, 6.45) is 4.29. The van der Waals surface area contributed by atoms with E-state index < -0.39 is 11.9 Å². The Balaban J connectivity index is 1.39. The molecule has 1 amide bonds. The van der Waals surface area contributed by atoms with Gasteiger partial charge in [0.2, 0.25) is 5.91 Å². The molecule has 4 saturated carbocycles. The number of hydrogen-bond donors (Lipinski definition) is 1. The number of halogens is 3. The monoisotopic (exact) mass is 355 g/mol. The molecule has 0 aliphatic heterocycles. The van der Waals surface area contributed by atoms with Crippen molar-refractivity contribution in [3.8, 4) is 0 Å². The molecule has 1 aromatic rings. The van der Waals surface area contributed by atoms with Crippen molar-refractivity contribution in [1.29, 1.82) is 0 Å². The second-order valence-corrected chi connectivity index (χ2v) is 8.47. The molecule has 4 bridgehead atoms. The maximum atomic E-state index is 12.6. The van der Waals surface area contributed by atoms with E-state index in [2.05, 4.69) is 17.3 Å². The molecule has 5 rings (SSSR count). The van der Waals surface area contributed by atoms with Crippen LogP contribution in [0.15, 0.2) is 12.3 Å². The van der Waals surface area contributed by atoms with Crippen LogP contribution in [-0.4, -0.2) is 21.7 Å². The van der Waals surface area contributed by atoms with Gasteiger partial charge in [-0.25, -0.2) is 0 Å². The summed E-state index contributed by atoms with van der Waals surface area (Å²) in [5.41, 5.74) is -0.777. The summed E-state index contributed by atoms with van der Waals surface area (Å²) in [4.78, 5) is 12.3. The van der Waals surface area contributed by atoms with E-state index in [0.717, 1.165) is 28.5 Å². The highest BCUT2D eigenvalue weighted by Gasteiger charge is 2.53. The van der Waals surface area contributed by atoms with Crippen LogP contribution in [0, 0.1) is 23.2 Å². The lowest BCUT2D eigenvalue weighted by Gasteiger charge is -2.59. The molecule has 4 nitrogen and oxygen atoms in total. The molecule has 0 unspecified atom stereocenters. The molecule has 1 atom stereocenters. The number of carbonyl (C=O) groups is 1. The minimum atomic E-state index is -4.48. The van der Waals surface area contributed by atoms with Crippen LogP contribution in [0.4, 0.5) is 13.2 Å². The molecule has 4 fully saturated rings. The van der Waals surface area contributed by atoms with Gasteiger partial charge in [-0.15, -0.1) is 0 Å². The van der Waals surface area contributed by atoms with Crippen molar-refractivity contribution in [1.82, 2.24) is 15.1 Å². The number of hydrogen-bond acceptors (Lipinski definition) is 2. The summed E-state index contributed by atoms with van der Waals surface area (Å²) in [5.74, 6) is 2.13. The average molecular weight is 355 g/mol. The molecular weight excluding hydrogens is 331 g/mol. The Labute approximate surface area is 145 Å². The smallest absolute Gasteiger partial charge is 0.351 e. The fourth-order valence-corrected chi connectivity index (χ4v) is 5.90. The minimum absolute atomic E-state index is 0.0612. The van der Waals surface area contributed by atoms with E-state index in [1.54, 1.807) is 0 Å². The van der Waals surface area contributed by atoms with Crippen LogP contribution >= 0.6 is 0 Å². The third kappa shape index (κ3) is 3.17. The Morgan fingerprint density at radius 3 is 2.32 bits per heavy atom. The predicted molar refractivity (Wildman–Crippen MR) is 85.4 cm³/mol. The highest BCUT2D eigenvalue weighted by atomic mass is 19.4. The van der Waals surface area contributed by atoms with E-state index in [1.807, 2.05) is 0 Å². The molecule has 7 heteroatoms. The number of rotatable bonds is 4. The molecule has 1 N–H and O–H groups in total. The number of aromatic nitrogens is 2. The first-order chi connectivity index (χ1) is 11.7. The number of nitrogens with one attached hydrogen (secondary N) is 1. The fourth-order valence-electron chi connectivity index (χ4n) is 5.90. The Hall–Kier alpha value is -1.53. The van der Waals surface area contributed by atoms with Crippen LogP contribution in [0.1, 0.15) is 51.1 Å². The molecule has 0 aromatic carbocycles. The van der Waals surface area contributed by atoms with E-state index in [1.165, 1.54) is 44.7 Å². The van der Waals surface area contributed by atoms with Gasteiger partial charge >= 0.3 is 6.18 Å². The van der Waals surface area contributed by atoms with E-state index >= 15 is 0 Å². The summed E-state index contributed by atoms with van der Waals surface area (Å²) in [5, 5.41) is 6.50. The number of amides is 1. The summed E-state index contributed by atoms with van der Waals surface area (Å²) >= 11 is 0. The van der Waals surface area contributed by atoms with E-state index in [0.29, 0.717) is 0 Å². The van der Waals surface area contributed by atoms with Gasteiger partial charge < -0.3 is 5.32 Å². The van der Waals surface area contributed by atoms with Crippen LogP contribution in [0.25, 0.3) is 0 Å². The Morgan fingerprint density at radius 2 is 1.84 bits per heavy atom. The van der Waals surface area contributed by atoms with Gasteiger partial charge in [0.1, 0.15) is 6.54 Å². The Morgan fingerprint density at radius 1 is 1.28 bits per heavy atom. The zero-order valence-electron chi connectivity index (χ0n) is 14.4. The quantitative estimate of drug-likeness (QED) is 0.897. The molecule has 0 spiro atoms. The maximum Gasteiger partial charge on any atom is 0.435 e. The summed E-state index contributed by atoms with van der Waals surface area (Å²) < 4.78 is 38.8. The molecule has 138 valence electrons. The first-order valence-electron chi connectivity index (χ1n) is 9.13. The molecule has 0 radical (unpaired) electrons. The van der Waals surface area contributed by atoms with Gasteiger partial charge in [0, 0.05) is 12.2 Å². The first kappa shape index (κ1) is 16.9. The molecule has 0 saturated heterocycles. The zero-order valence-corrected chi connectivity index (χ0v) is 14.4. The minimum Gasteiger partial charge on any atom is -0.351 e. The standard InChI is InChI=1S/C18H24F3N3O/c1-11(17-7-12-4-13(8-17)6-14(5-12)9-17)22-16(25)10-24-3-2-15(23-24)18(19,20)21/h2-3,11-14H,4-10H2,1H3,(H,22,25)/t11-,12?,13?,14?,17?/m1/s1. The maximum absolute atomic E-state index is 12.6. The predicted octanol–water partition coefficient (Wildman–Crippen LogP) is 3.62. The van der Waals surface area contributed by atoms with Crippen molar-refractivity contribution in [2.45, 2.75) is 64.2 Å². The first-order valence-corrected chi connectivity index (χ1v) is 9.13. The van der Waals surface area contributed by atoms with Crippen molar-refractivity contribution in [3.05, 3.63) is 18.0 Å². The van der Waals surface area contributed by atoms with Gasteiger partial charge in [-0.3, -0.25) is 9.48 Å². The van der Waals surface area contributed by atoms with Crippen molar-refractivity contribution >= 4 is 5.91 Å². The molecule has 1 aromatic heterocycles. The average Bonchev–Trinajstić information content (AvgIpc) is 2.94. The molecule has 4 aliphatic rings. The number of alkyl halides is 3. The lowest BCUT2D eigenvalue weighted by molar-refractivity contribution is -0.141. The normalized spacial score (nSPS) is 35.0. The van der Waals surface area contributed by atoms with Gasteiger partial charge in [-0.05, 0) is 74.7 Å². The lowest BCUT2D eigenvalue weighted by Crippen LogP contribution is -2.56. The lowest BCUT2D eigenvalue weighted by atomic mass is 9.48. The zero-order chi connectivity index (χ0) is 17.8. The molecule has 25 heavy (non-hydrogen) atoms. The van der Waals surface area contributed by atoms with Crippen molar-refractivity contribution in [2.75, 3.05) is 0 Å². The summed E-state index contributed by atoms with van der Waals surface area (Å²) in [7, 11) is 0. The summed E-state index contributed by atoms with van der Waals surface area (Å²) in [6.45, 7) is 1.89. The van der Waals surface area contributed by atoms with Gasteiger partial charge in [0.15, 0.2) is 5.69 Å². The van der Waals surface area contributed by atoms with Crippen LogP contribution in [0.2, 0.25) is 0 Å². The number of nitrogens with zero attached hydrogens (tertiary/aromatic N) is 2. The SMILES string of the molecule is C[C@@H](NC(=O)Cn1ccc(C(F)(F)F)n1)C12CC3CC(CC(C3)C1)C2. The second-order valence-electron chi connectivity index (χ2n) is 8.47. The van der Waals surface area contributed by atoms with Crippen LogP contribution in [0.3, 0.4) is 0 Å². The van der Waals surface area contributed by atoms with Crippen LogP contribution in [-0.2, 0) is 17.5 Å². The Kier molecular flexibility index (Phi) is 3.88. The van der Waals surface area contributed by atoms with E-state index in [4.69, 9.17) is 0 Å². The van der Waals surface area contributed by atoms with Crippen LogP contribution < -0.4 is 5.32 Å². The molecule has 1 heterocycles. The second kappa shape index (κ2) is 5.74.